The average Bonchev–Trinajstić information content (AvgIpc) is 2.41. The van der Waals surface area contributed by atoms with Crippen LogP contribution in [-0.2, 0) is 6.18 Å². The third-order valence-corrected chi connectivity index (χ3v) is 2.89. The van der Waals surface area contributed by atoms with Crippen molar-refractivity contribution in [3.05, 3.63) is 53.1 Å². The Morgan fingerprint density at radius 3 is 2.45 bits per heavy atom. The molecule has 0 bridgehead atoms. The average molecular weight is 331 g/mol. The van der Waals surface area contributed by atoms with Crippen molar-refractivity contribution < 1.29 is 23.1 Å². The number of urea groups is 1. The molecule has 2 amide bonds. The predicted molar refractivity (Wildman–Crippen MR) is 77.2 cm³/mol. The molecule has 0 saturated heterocycles. The van der Waals surface area contributed by atoms with E-state index in [1.54, 1.807) is 0 Å². The van der Waals surface area contributed by atoms with E-state index >= 15 is 0 Å². The number of carbonyl (C=O) groups excluding carboxylic acids is 1. The van der Waals surface area contributed by atoms with Crippen molar-refractivity contribution >= 4 is 29.0 Å². The van der Waals surface area contributed by atoms with E-state index in [0.717, 1.165) is 12.1 Å². The van der Waals surface area contributed by atoms with Crippen molar-refractivity contribution in [2.45, 2.75) is 6.18 Å². The zero-order valence-corrected chi connectivity index (χ0v) is 11.7. The summed E-state index contributed by atoms with van der Waals surface area (Å²) in [6.45, 7) is 0. The number of hydrogen-bond acceptors (Lipinski definition) is 2. The molecule has 2 aromatic rings. The van der Waals surface area contributed by atoms with E-state index in [1.165, 1.54) is 30.3 Å². The zero-order valence-electron chi connectivity index (χ0n) is 10.9. The summed E-state index contributed by atoms with van der Waals surface area (Å²) in [4.78, 5) is 11.7. The Morgan fingerprint density at radius 1 is 1.09 bits per heavy atom. The summed E-state index contributed by atoms with van der Waals surface area (Å²) < 4.78 is 37.7. The van der Waals surface area contributed by atoms with Gasteiger partial charge in [-0.2, -0.15) is 13.2 Å². The van der Waals surface area contributed by atoms with Crippen molar-refractivity contribution in [2.24, 2.45) is 0 Å². The lowest BCUT2D eigenvalue weighted by atomic mass is 10.2. The highest BCUT2D eigenvalue weighted by molar-refractivity contribution is 6.30. The minimum Gasteiger partial charge on any atom is -0.506 e. The molecule has 0 atom stereocenters. The van der Waals surface area contributed by atoms with Crippen molar-refractivity contribution in [3.8, 4) is 5.75 Å². The second kappa shape index (κ2) is 6.15. The largest absolute Gasteiger partial charge is 0.506 e. The van der Waals surface area contributed by atoms with E-state index in [-0.39, 0.29) is 22.1 Å². The summed E-state index contributed by atoms with van der Waals surface area (Å²) in [5.74, 6) is -0.258. The summed E-state index contributed by atoms with van der Waals surface area (Å²) in [5, 5.41) is 14.4. The van der Waals surface area contributed by atoms with Gasteiger partial charge in [0.1, 0.15) is 5.75 Å². The number of benzene rings is 2. The number of phenols is 1. The molecule has 0 spiro atoms. The van der Waals surface area contributed by atoms with Gasteiger partial charge in [0.15, 0.2) is 0 Å². The summed E-state index contributed by atoms with van der Waals surface area (Å²) in [7, 11) is 0. The second-order valence-electron chi connectivity index (χ2n) is 4.32. The molecule has 0 aliphatic carbocycles. The van der Waals surface area contributed by atoms with Crippen LogP contribution in [0.3, 0.4) is 0 Å². The minimum atomic E-state index is -4.50. The number of nitrogens with one attached hydrogen (secondary N) is 2. The van der Waals surface area contributed by atoms with E-state index in [9.17, 15) is 23.1 Å². The number of amides is 2. The number of rotatable bonds is 2. The Labute approximate surface area is 128 Å². The van der Waals surface area contributed by atoms with Crippen LogP contribution in [0.15, 0.2) is 42.5 Å². The van der Waals surface area contributed by atoms with Gasteiger partial charge in [0.05, 0.1) is 11.3 Å². The Bertz CT molecular complexity index is 705. The van der Waals surface area contributed by atoms with E-state index in [1.807, 2.05) is 0 Å². The molecule has 0 fully saturated rings. The first-order valence-corrected chi connectivity index (χ1v) is 6.37. The molecule has 0 radical (unpaired) electrons. The van der Waals surface area contributed by atoms with Gasteiger partial charge in [-0.25, -0.2) is 4.79 Å². The minimum absolute atomic E-state index is 0.0271. The highest BCUT2D eigenvalue weighted by atomic mass is 35.5. The Hall–Kier alpha value is -2.41. The van der Waals surface area contributed by atoms with Crippen LogP contribution in [0.4, 0.5) is 29.3 Å². The smallest absolute Gasteiger partial charge is 0.416 e. The topological polar surface area (TPSA) is 61.4 Å². The van der Waals surface area contributed by atoms with Gasteiger partial charge in [-0.1, -0.05) is 17.7 Å². The van der Waals surface area contributed by atoms with E-state index in [0.29, 0.717) is 0 Å². The molecule has 0 aliphatic heterocycles. The van der Waals surface area contributed by atoms with Gasteiger partial charge >= 0.3 is 12.2 Å². The van der Waals surface area contributed by atoms with E-state index in [2.05, 4.69) is 10.6 Å². The van der Waals surface area contributed by atoms with Crippen LogP contribution in [0.1, 0.15) is 5.56 Å². The molecule has 0 aromatic heterocycles. The molecule has 116 valence electrons. The number of aromatic hydroxyl groups is 1. The zero-order chi connectivity index (χ0) is 16.3. The van der Waals surface area contributed by atoms with Crippen LogP contribution in [-0.4, -0.2) is 11.1 Å². The maximum absolute atomic E-state index is 12.6. The van der Waals surface area contributed by atoms with Gasteiger partial charge in [0.25, 0.3) is 0 Å². The van der Waals surface area contributed by atoms with Crippen molar-refractivity contribution in [2.75, 3.05) is 10.6 Å². The molecule has 4 nitrogen and oxygen atoms in total. The van der Waals surface area contributed by atoms with Crippen LogP contribution < -0.4 is 10.6 Å². The maximum Gasteiger partial charge on any atom is 0.416 e. The lowest BCUT2D eigenvalue weighted by Crippen LogP contribution is -2.19. The van der Waals surface area contributed by atoms with E-state index < -0.39 is 17.8 Å². The lowest BCUT2D eigenvalue weighted by Gasteiger charge is -2.11. The van der Waals surface area contributed by atoms with Crippen LogP contribution in [0.2, 0.25) is 5.02 Å². The Kier molecular flexibility index (Phi) is 4.46. The highest BCUT2D eigenvalue weighted by Crippen LogP contribution is 2.31. The Morgan fingerprint density at radius 2 is 1.82 bits per heavy atom. The van der Waals surface area contributed by atoms with E-state index in [4.69, 9.17) is 11.6 Å². The van der Waals surface area contributed by atoms with Crippen LogP contribution in [0.25, 0.3) is 0 Å². The van der Waals surface area contributed by atoms with Gasteiger partial charge in [-0.05, 0) is 30.3 Å². The Balaban J connectivity index is 2.09. The summed E-state index contributed by atoms with van der Waals surface area (Å²) in [5.41, 5.74) is -0.825. The fourth-order valence-corrected chi connectivity index (χ4v) is 1.83. The van der Waals surface area contributed by atoms with Gasteiger partial charge in [0.2, 0.25) is 0 Å². The fraction of sp³-hybridized carbons (Fsp3) is 0.0714. The van der Waals surface area contributed by atoms with Crippen molar-refractivity contribution in [3.63, 3.8) is 0 Å². The molecule has 2 rings (SSSR count). The standard InChI is InChI=1S/C14H10ClF3N2O2/c15-9-4-5-11(12(21)7-9)20-13(22)19-10-3-1-2-8(6-10)14(16,17)18/h1-7,21H,(H2,19,20,22). The fourth-order valence-electron chi connectivity index (χ4n) is 1.67. The predicted octanol–water partition coefficient (Wildman–Crippen LogP) is 4.71. The van der Waals surface area contributed by atoms with Crippen LogP contribution >= 0.6 is 11.6 Å². The molecular formula is C14H10ClF3N2O2. The molecule has 22 heavy (non-hydrogen) atoms. The number of hydrogen-bond donors (Lipinski definition) is 3. The molecule has 0 unspecified atom stereocenters. The normalized spacial score (nSPS) is 11.1. The molecule has 0 heterocycles. The molecule has 3 N–H and O–H groups in total. The monoisotopic (exact) mass is 330 g/mol. The number of alkyl halides is 3. The van der Waals surface area contributed by atoms with Gasteiger partial charge in [-0.3, -0.25) is 0 Å². The first kappa shape index (κ1) is 16.0. The quantitative estimate of drug-likeness (QED) is 0.698. The summed E-state index contributed by atoms with van der Waals surface area (Å²) in [6.07, 6.45) is -4.50. The lowest BCUT2D eigenvalue weighted by molar-refractivity contribution is -0.137. The highest BCUT2D eigenvalue weighted by Gasteiger charge is 2.30. The number of halogens is 4. The maximum atomic E-state index is 12.6. The third-order valence-electron chi connectivity index (χ3n) is 2.66. The van der Waals surface area contributed by atoms with Crippen molar-refractivity contribution in [1.82, 2.24) is 0 Å². The molecule has 2 aromatic carbocycles. The molecule has 0 saturated carbocycles. The number of anilines is 2. The van der Waals surface area contributed by atoms with Crippen molar-refractivity contribution in [1.29, 1.82) is 0 Å². The molecular weight excluding hydrogens is 321 g/mol. The second-order valence-corrected chi connectivity index (χ2v) is 4.76. The summed E-state index contributed by atoms with van der Waals surface area (Å²) >= 11 is 5.65. The third kappa shape index (κ3) is 4.05. The number of phenolic OH excluding ortho intramolecular Hbond substituents is 1. The SMILES string of the molecule is O=C(Nc1cccc(C(F)(F)F)c1)Nc1ccc(Cl)cc1O. The van der Waals surface area contributed by atoms with Crippen LogP contribution in [0.5, 0.6) is 5.75 Å². The first-order valence-electron chi connectivity index (χ1n) is 5.99. The van der Waals surface area contributed by atoms with Gasteiger partial charge < -0.3 is 15.7 Å². The molecule has 0 aliphatic rings. The van der Waals surface area contributed by atoms with Gasteiger partial charge in [0, 0.05) is 16.8 Å². The number of carbonyl (C=O) groups is 1. The first-order chi connectivity index (χ1) is 10.3. The summed E-state index contributed by atoms with van der Waals surface area (Å²) in [6, 6.07) is 7.44. The van der Waals surface area contributed by atoms with Crippen LogP contribution in [0, 0.1) is 0 Å². The van der Waals surface area contributed by atoms with Gasteiger partial charge in [-0.15, -0.1) is 0 Å². The molecule has 8 heteroatoms.